The van der Waals surface area contributed by atoms with Crippen LogP contribution in [0.25, 0.3) is 0 Å². The topological polar surface area (TPSA) is 24.5 Å². The normalized spacial score (nSPS) is 12.8. The van der Waals surface area contributed by atoms with Gasteiger partial charge in [0.25, 0.3) is 0 Å². The molecule has 0 aromatic heterocycles. The third-order valence-electron chi connectivity index (χ3n) is 2.08. The number of ether oxygens (including phenoxy) is 1. The molecule has 92 valence electrons. The van der Waals surface area contributed by atoms with Gasteiger partial charge in [-0.25, -0.2) is 0 Å². The van der Waals surface area contributed by atoms with E-state index in [0.717, 1.165) is 26.2 Å². The summed E-state index contributed by atoms with van der Waals surface area (Å²) in [5, 5.41) is 3.43. The molecule has 0 amide bonds. The molecule has 0 saturated carbocycles. The molecule has 0 radical (unpaired) electrons. The number of hydrogen-bond acceptors (Lipinski definition) is 3. The summed E-state index contributed by atoms with van der Waals surface area (Å²) in [5.74, 6) is 0. The molecule has 3 nitrogen and oxygen atoms in total. The summed E-state index contributed by atoms with van der Waals surface area (Å²) < 4.78 is 5.46. The quantitative estimate of drug-likeness (QED) is 0.624. The molecule has 0 fully saturated rings. The molecule has 0 aliphatic rings. The van der Waals surface area contributed by atoms with Crippen molar-refractivity contribution in [3.05, 3.63) is 0 Å². The molecule has 0 rings (SSSR count). The zero-order valence-corrected chi connectivity index (χ0v) is 11.3. The van der Waals surface area contributed by atoms with Crippen molar-refractivity contribution in [2.75, 3.05) is 40.3 Å². The summed E-state index contributed by atoms with van der Waals surface area (Å²) in [6, 6.07) is 0. The van der Waals surface area contributed by atoms with Crippen molar-refractivity contribution in [1.82, 2.24) is 10.2 Å². The lowest BCUT2D eigenvalue weighted by Gasteiger charge is -2.28. The molecule has 0 aromatic rings. The van der Waals surface area contributed by atoms with Crippen molar-refractivity contribution < 1.29 is 4.74 Å². The van der Waals surface area contributed by atoms with Gasteiger partial charge in [0, 0.05) is 19.6 Å². The summed E-state index contributed by atoms with van der Waals surface area (Å²) >= 11 is 0. The van der Waals surface area contributed by atoms with E-state index in [1.165, 1.54) is 0 Å². The zero-order valence-electron chi connectivity index (χ0n) is 11.3. The molecule has 0 saturated heterocycles. The molecular formula is C12H28N2O. The summed E-state index contributed by atoms with van der Waals surface area (Å²) in [6.07, 6.45) is 0.335. The minimum atomic E-state index is 0.321. The van der Waals surface area contributed by atoms with Crippen LogP contribution in [0.15, 0.2) is 0 Å². The summed E-state index contributed by atoms with van der Waals surface area (Å²) in [4.78, 5) is 2.23. The summed E-state index contributed by atoms with van der Waals surface area (Å²) in [7, 11) is 4.23. The Morgan fingerprint density at radius 1 is 1.27 bits per heavy atom. The van der Waals surface area contributed by atoms with E-state index >= 15 is 0 Å². The Bertz CT molecular complexity index is 156. The van der Waals surface area contributed by atoms with Gasteiger partial charge in [-0.2, -0.15) is 0 Å². The fourth-order valence-corrected chi connectivity index (χ4v) is 1.71. The molecule has 0 aliphatic heterocycles. The fraction of sp³-hybridized carbons (Fsp3) is 1.00. The van der Waals surface area contributed by atoms with Crippen molar-refractivity contribution in [2.24, 2.45) is 5.41 Å². The monoisotopic (exact) mass is 216 g/mol. The fourth-order valence-electron chi connectivity index (χ4n) is 1.71. The van der Waals surface area contributed by atoms with E-state index in [0.29, 0.717) is 11.5 Å². The molecule has 0 aromatic carbocycles. The van der Waals surface area contributed by atoms with E-state index in [4.69, 9.17) is 4.74 Å². The second-order valence-corrected chi connectivity index (χ2v) is 5.50. The highest BCUT2D eigenvalue weighted by Gasteiger charge is 2.17. The van der Waals surface area contributed by atoms with E-state index in [-0.39, 0.29) is 0 Å². The third-order valence-corrected chi connectivity index (χ3v) is 2.08. The highest BCUT2D eigenvalue weighted by Crippen LogP contribution is 2.13. The van der Waals surface area contributed by atoms with Gasteiger partial charge in [-0.15, -0.1) is 0 Å². The molecule has 0 heterocycles. The highest BCUT2D eigenvalue weighted by molar-refractivity contribution is 4.73. The van der Waals surface area contributed by atoms with Gasteiger partial charge in [-0.05, 0) is 33.4 Å². The van der Waals surface area contributed by atoms with Crippen molar-refractivity contribution in [3.63, 3.8) is 0 Å². The van der Waals surface area contributed by atoms with Crippen LogP contribution in [0, 0.1) is 5.41 Å². The maximum atomic E-state index is 5.46. The van der Waals surface area contributed by atoms with Crippen LogP contribution in [0.4, 0.5) is 0 Å². The van der Waals surface area contributed by atoms with Crippen LogP contribution in [-0.2, 0) is 4.74 Å². The maximum Gasteiger partial charge on any atom is 0.0594 e. The first-order valence-electron chi connectivity index (χ1n) is 5.80. The van der Waals surface area contributed by atoms with E-state index in [1.54, 1.807) is 0 Å². The predicted octanol–water partition coefficient (Wildman–Crippen LogP) is 1.59. The summed E-state index contributed by atoms with van der Waals surface area (Å²) in [6.45, 7) is 12.6. The lowest BCUT2D eigenvalue weighted by Crippen LogP contribution is -2.38. The lowest BCUT2D eigenvalue weighted by atomic mass is 9.93. The average Bonchev–Trinajstić information content (AvgIpc) is 1.99. The molecule has 15 heavy (non-hydrogen) atoms. The van der Waals surface area contributed by atoms with Crippen molar-refractivity contribution in [3.8, 4) is 0 Å². The van der Waals surface area contributed by atoms with Crippen LogP contribution in [0.1, 0.15) is 27.7 Å². The lowest BCUT2D eigenvalue weighted by molar-refractivity contribution is 0.0790. The third kappa shape index (κ3) is 10.2. The average molecular weight is 216 g/mol. The van der Waals surface area contributed by atoms with Gasteiger partial charge in [0.2, 0.25) is 0 Å². The molecule has 3 heteroatoms. The first-order valence-corrected chi connectivity index (χ1v) is 5.80. The SMILES string of the molecule is CC(C)OCCNCC(C)(C)CN(C)C. The van der Waals surface area contributed by atoms with Gasteiger partial charge in [0.05, 0.1) is 12.7 Å². The van der Waals surface area contributed by atoms with Crippen LogP contribution in [0.5, 0.6) is 0 Å². The minimum Gasteiger partial charge on any atom is -0.377 e. The van der Waals surface area contributed by atoms with Crippen LogP contribution >= 0.6 is 0 Å². The van der Waals surface area contributed by atoms with Crippen molar-refractivity contribution >= 4 is 0 Å². The molecule has 0 bridgehead atoms. The minimum absolute atomic E-state index is 0.321. The second kappa shape index (κ2) is 7.20. The number of rotatable bonds is 8. The standard InChI is InChI=1S/C12H28N2O/c1-11(2)15-8-7-13-9-12(3,4)10-14(5)6/h11,13H,7-10H2,1-6H3. The Morgan fingerprint density at radius 2 is 1.87 bits per heavy atom. The van der Waals surface area contributed by atoms with Gasteiger partial charge in [0.15, 0.2) is 0 Å². The van der Waals surface area contributed by atoms with E-state index < -0.39 is 0 Å². The van der Waals surface area contributed by atoms with Gasteiger partial charge in [-0.1, -0.05) is 13.8 Å². The van der Waals surface area contributed by atoms with Gasteiger partial charge in [0.1, 0.15) is 0 Å². The van der Waals surface area contributed by atoms with E-state index in [1.807, 2.05) is 0 Å². The molecule has 1 N–H and O–H groups in total. The number of nitrogens with one attached hydrogen (secondary N) is 1. The Balaban J connectivity index is 3.48. The van der Waals surface area contributed by atoms with Gasteiger partial charge >= 0.3 is 0 Å². The van der Waals surface area contributed by atoms with Crippen LogP contribution in [0.3, 0.4) is 0 Å². The van der Waals surface area contributed by atoms with E-state index in [9.17, 15) is 0 Å². The molecule has 0 atom stereocenters. The van der Waals surface area contributed by atoms with Gasteiger partial charge in [-0.3, -0.25) is 0 Å². The number of nitrogens with zero attached hydrogens (tertiary/aromatic N) is 1. The largest absolute Gasteiger partial charge is 0.377 e. The first-order chi connectivity index (χ1) is 6.83. The second-order valence-electron chi connectivity index (χ2n) is 5.50. The van der Waals surface area contributed by atoms with Crippen molar-refractivity contribution in [2.45, 2.75) is 33.8 Å². The Labute approximate surface area is 95.2 Å². The molecular weight excluding hydrogens is 188 g/mol. The molecule has 0 aliphatic carbocycles. The Morgan fingerprint density at radius 3 is 2.33 bits per heavy atom. The van der Waals surface area contributed by atoms with Crippen molar-refractivity contribution in [1.29, 1.82) is 0 Å². The maximum absolute atomic E-state index is 5.46. The Hall–Kier alpha value is -0.120. The van der Waals surface area contributed by atoms with Crippen LogP contribution < -0.4 is 5.32 Å². The highest BCUT2D eigenvalue weighted by atomic mass is 16.5. The van der Waals surface area contributed by atoms with Crippen LogP contribution in [-0.4, -0.2) is 51.3 Å². The zero-order chi connectivity index (χ0) is 11.9. The summed E-state index contributed by atoms with van der Waals surface area (Å²) in [5.41, 5.74) is 0.321. The Kier molecular flexibility index (Phi) is 7.14. The predicted molar refractivity (Wildman–Crippen MR) is 66.3 cm³/mol. The van der Waals surface area contributed by atoms with Crippen LogP contribution in [0.2, 0.25) is 0 Å². The molecule has 0 spiro atoms. The smallest absolute Gasteiger partial charge is 0.0594 e. The van der Waals surface area contributed by atoms with E-state index in [2.05, 4.69) is 52.0 Å². The number of hydrogen-bond donors (Lipinski definition) is 1. The molecule has 0 unspecified atom stereocenters. The first kappa shape index (κ1) is 14.9. The van der Waals surface area contributed by atoms with Gasteiger partial charge < -0.3 is 15.0 Å².